The van der Waals surface area contributed by atoms with Gasteiger partial charge >= 0.3 is 12.1 Å². The van der Waals surface area contributed by atoms with Crippen LogP contribution in [0.5, 0.6) is 0 Å². The molecule has 33 heavy (non-hydrogen) atoms. The van der Waals surface area contributed by atoms with Crippen molar-refractivity contribution in [1.29, 1.82) is 0 Å². The highest BCUT2D eigenvalue weighted by molar-refractivity contribution is 6.33. The van der Waals surface area contributed by atoms with Crippen molar-refractivity contribution in [3.63, 3.8) is 0 Å². The molecule has 0 unspecified atom stereocenters. The third-order valence-electron chi connectivity index (χ3n) is 5.31. The van der Waals surface area contributed by atoms with Crippen LogP contribution in [0.25, 0.3) is 11.1 Å². The number of hydrogen-bond acceptors (Lipinski definition) is 3. The third-order valence-corrected chi connectivity index (χ3v) is 5.68. The van der Waals surface area contributed by atoms with Gasteiger partial charge in [-0.1, -0.05) is 17.7 Å². The fourth-order valence-electron chi connectivity index (χ4n) is 3.13. The van der Waals surface area contributed by atoms with Gasteiger partial charge in [-0.05, 0) is 49.4 Å². The molecular formula is C21H16ClF6N3O2. The Morgan fingerprint density at radius 1 is 0.909 bits per heavy atom. The topological polar surface area (TPSA) is 71.1 Å². The minimum Gasteiger partial charge on any atom is -0.310 e. The SMILES string of the molecule is O=C(Nc1cc(-c2ccc(C(F)(F)C(F)(F)F)c(F)c2Cl)cc(NC(=O)C2CC2)n1)C1CC1. The van der Waals surface area contributed by atoms with Crippen LogP contribution in [0.3, 0.4) is 0 Å². The number of anilines is 2. The van der Waals surface area contributed by atoms with Gasteiger partial charge in [0.1, 0.15) is 11.6 Å². The van der Waals surface area contributed by atoms with Crippen molar-refractivity contribution in [2.24, 2.45) is 11.8 Å². The molecule has 5 nitrogen and oxygen atoms in total. The molecule has 2 N–H and O–H groups in total. The van der Waals surface area contributed by atoms with Crippen molar-refractivity contribution >= 4 is 35.1 Å². The van der Waals surface area contributed by atoms with E-state index in [1.807, 2.05) is 0 Å². The molecule has 2 aliphatic carbocycles. The quantitative estimate of drug-likeness (QED) is 0.495. The number of nitrogens with zero attached hydrogens (tertiary/aromatic N) is 1. The molecule has 2 saturated carbocycles. The van der Waals surface area contributed by atoms with Crippen molar-refractivity contribution in [1.82, 2.24) is 4.98 Å². The highest BCUT2D eigenvalue weighted by atomic mass is 35.5. The highest BCUT2D eigenvalue weighted by Gasteiger charge is 2.60. The van der Waals surface area contributed by atoms with E-state index in [2.05, 4.69) is 15.6 Å². The van der Waals surface area contributed by atoms with Crippen LogP contribution in [0.1, 0.15) is 31.2 Å². The molecule has 0 bridgehead atoms. The van der Waals surface area contributed by atoms with Crippen LogP contribution in [0.15, 0.2) is 24.3 Å². The van der Waals surface area contributed by atoms with Crippen molar-refractivity contribution in [2.75, 3.05) is 10.6 Å². The molecule has 1 heterocycles. The van der Waals surface area contributed by atoms with E-state index < -0.39 is 28.5 Å². The smallest absolute Gasteiger partial charge is 0.310 e. The molecule has 0 spiro atoms. The molecule has 2 aliphatic rings. The predicted molar refractivity (Wildman–Crippen MR) is 107 cm³/mol. The monoisotopic (exact) mass is 491 g/mol. The van der Waals surface area contributed by atoms with E-state index in [9.17, 15) is 35.9 Å². The number of aromatic nitrogens is 1. The van der Waals surface area contributed by atoms with E-state index in [0.29, 0.717) is 31.7 Å². The number of benzene rings is 1. The van der Waals surface area contributed by atoms with E-state index in [1.165, 1.54) is 12.1 Å². The van der Waals surface area contributed by atoms with Crippen LogP contribution < -0.4 is 10.6 Å². The van der Waals surface area contributed by atoms with E-state index in [0.717, 1.165) is 6.07 Å². The zero-order chi connectivity index (χ0) is 24.1. The number of rotatable bonds is 6. The summed E-state index contributed by atoms with van der Waals surface area (Å²) in [5.41, 5.74) is -2.09. The maximum absolute atomic E-state index is 14.6. The van der Waals surface area contributed by atoms with Crippen molar-refractivity contribution in [2.45, 2.75) is 37.8 Å². The first-order valence-electron chi connectivity index (χ1n) is 9.95. The molecule has 176 valence electrons. The number of alkyl halides is 5. The number of hydrogen-bond donors (Lipinski definition) is 2. The van der Waals surface area contributed by atoms with Gasteiger partial charge in [-0.3, -0.25) is 9.59 Å². The lowest BCUT2D eigenvalue weighted by atomic mass is 10.0. The van der Waals surface area contributed by atoms with E-state index in [1.54, 1.807) is 0 Å². The number of nitrogens with one attached hydrogen (secondary N) is 2. The molecule has 0 radical (unpaired) electrons. The Labute approximate surface area is 188 Å². The molecule has 1 aromatic carbocycles. The lowest BCUT2D eigenvalue weighted by Crippen LogP contribution is -2.34. The number of pyridine rings is 1. The predicted octanol–water partition coefficient (Wildman–Crippen LogP) is 5.89. The summed E-state index contributed by atoms with van der Waals surface area (Å²) in [7, 11) is 0. The largest absolute Gasteiger partial charge is 0.458 e. The first-order chi connectivity index (χ1) is 15.4. The van der Waals surface area contributed by atoms with Gasteiger partial charge in [0.15, 0.2) is 5.82 Å². The summed E-state index contributed by atoms with van der Waals surface area (Å²) >= 11 is 5.86. The average molecular weight is 492 g/mol. The lowest BCUT2D eigenvalue weighted by molar-refractivity contribution is -0.290. The summed E-state index contributed by atoms with van der Waals surface area (Å²) in [5, 5.41) is 4.14. The molecule has 0 aliphatic heterocycles. The van der Waals surface area contributed by atoms with E-state index in [-0.39, 0.29) is 46.4 Å². The van der Waals surface area contributed by atoms with Gasteiger partial charge in [0.05, 0.1) is 10.6 Å². The van der Waals surface area contributed by atoms with Crippen molar-refractivity contribution < 1.29 is 35.9 Å². The average Bonchev–Trinajstić information content (AvgIpc) is 3.61. The molecule has 2 amide bonds. The number of carbonyl (C=O) groups is 2. The summed E-state index contributed by atoms with van der Waals surface area (Å²) in [4.78, 5) is 28.4. The number of amides is 2. The molecule has 0 saturated heterocycles. The third kappa shape index (κ3) is 4.78. The van der Waals surface area contributed by atoms with Gasteiger partial charge in [0.25, 0.3) is 0 Å². The Hall–Kier alpha value is -2.82. The second-order valence-corrected chi connectivity index (χ2v) is 8.39. The Morgan fingerprint density at radius 2 is 1.39 bits per heavy atom. The summed E-state index contributed by atoms with van der Waals surface area (Å²) in [6.45, 7) is 0. The zero-order valence-corrected chi connectivity index (χ0v) is 17.5. The van der Waals surface area contributed by atoms with Gasteiger partial charge in [0.2, 0.25) is 11.8 Å². The minimum absolute atomic E-state index is 0.0170. The van der Waals surface area contributed by atoms with Gasteiger partial charge in [0, 0.05) is 17.4 Å². The Kier molecular flexibility index (Phi) is 5.80. The minimum atomic E-state index is -6.02. The van der Waals surface area contributed by atoms with Gasteiger partial charge in [-0.15, -0.1) is 0 Å². The zero-order valence-electron chi connectivity index (χ0n) is 16.7. The van der Waals surface area contributed by atoms with Crippen molar-refractivity contribution in [3.8, 4) is 11.1 Å². The normalized spacial score (nSPS) is 16.5. The number of carbonyl (C=O) groups excluding carboxylic acids is 2. The number of halogens is 7. The van der Waals surface area contributed by atoms with E-state index >= 15 is 0 Å². The standard InChI is InChI=1S/C21H16ClF6N3O2/c22-16-12(5-6-13(17(16)23)20(24,25)21(26,27)28)11-7-14(30-18(32)9-1-2-9)29-15(8-11)31-19(33)10-3-4-10/h5-10H,1-4H2,(H2,29,30,31,32,33). The second-order valence-electron chi connectivity index (χ2n) is 8.01. The first kappa shape index (κ1) is 23.3. The molecule has 4 rings (SSSR count). The molecule has 12 heteroatoms. The first-order valence-corrected chi connectivity index (χ1v) is 10.3. The molecular weight excluding hydrogens is 476 g/mol. The summed E-state index contributed by atoms with van der Waals surface area (Å²) < 4.78 is 80.0. The second kappa shape index (κ2) is 8.19. The molecule has 0 atom stereocenters. The fraction of sp³-hybridized carbons (Fsp3) is 0.381. The maximum atomic E-state index is 14.6. The van der Waals surface area contributed by atoms with Gasteiger partial charge in [-0.2, -0.15) is 22.0 Å². The Bertz CT molecular complexity index is 1090. The van der Waals surface area contributed by atoms with E-state index in [4.69, 9.17) is 11.6 Å². The van der Waals surface area contributed by atoms with Crippen LogP contribution in [-0.4, -0.2) is 23.0 Å². The van der Waals surface area contributed by atoms with Gasteiger partial charge < -0.3 is 10.6 Å². The van der Waals surface area contributed by atoms with Crippen LogP contribution in [0.2, 0.25) is 5.02 Å². The van der Waals surface area contributed by atoms with Gasteiger partial charge in [-0.25, -0.2) is 9.37 Å². The molecule has 2 aromatic rings. The van der Waals surface area contributed by atoms with Crippen LogP contribution >= 0.6 is 11.6 Å². The Balaban J connectivity index is 1.74. The van der Waals surface area contributed by atoms with Crippen LogP contribution in [-0.2, 0) is 15.5 Å². The fourth-order valence-corrected chi connectivity index (χ4v) is 3.40. The molecule has 1 aromatic heterocycles. The maximum Gasteiger partial charge on any atom is 0.458 e. The van der Waals surface area contributed by atoms with Crippen LogP contribution in [0.4, 0.5) is 38.0 Å². The molecule has 2 fully saturated rings. The Morgan fingerprint density at radius 3 is 1.82 bits per heavy atom. The highest BCUT2D eigenvalue weighted by Crippen LogP contribution is 2.47. The lowest BCUT2D eigenvalue weighted by Gasteiger charge is -2.21. The summed E-state index contributed by atoms with van der Waals surface area (Å²) in [5.74, 6) is -8.44. The van der Waals surface area contributed by atoms with Crippen molar-refractivity contribution in [3.05, 3.63) is 40.7 Å². The van der Waals surface area contributed by atoms with Crippen LogP contribution in [0, 0.1) is 17.7 Å². The summed E-state index contributed by atoms with van der Waals surface area (Å²) in [6, 6.07) is 3.63. The summed E-state index contributed by atoms with van der Waals surface area (Å²) in [6.07, 6.45) is -3.23.